The molecule has 0 fully saturated rings. The summed E-state index contributed by atoms with van der Waals surface area (Å²) in [4.78, 5) is 7.03. The molecule has 0 saturated heterocycles. The van der Waals surface area contributed by atoms with Crippen LogP contribution in [0, 0.1) is 0 Å². The fraction of sp³-hybridized carbons (Fsp3) is 0.500. The van der Waals surface area contributed by atoms with Crippen molar-refractivity contribution >= 4 is 21.9 Å². The van der Waals surface area contributed by atoms with Crippen LogP contribution in [-0.2, 0) is 0 Å². The lowest BCUT2D eigenvalue weighted by molar-refractivity contribution is 0.809. The Morgan fingerprint density at radius 3 is 2.91 bits per heavy atom. The highest BCUT2D eigenvalue weighted by molar-refractivity contribution is 9.09. The maximum Gasteiger partial charge on any atom is 0.197 e. The number of halogens is 1. The van der Waals surface area contributed by atoms with Gasteiger partial charge in [0.1, 0.15) is 0 Å². The first-order valence-electron chi connectivity index (χ1n) is 3.38. The smallest absolute Gasteiger partial charge is 0.197 e. The van der Waals surface area contributed by atoms with Gasteiger partial charge in [-0.3, -0.25) is 0 Å². The molecule has 0 aliphatic carbocycles. The first-order valence-corrected chi connectivity index (χ1v) is 4.30. The van der Waals surface area contributed by atoms with Crippen molar-refractivity contribution < 1.29 is 0 Å². The fourth-order valence-electron chi connectivity index (χ4n) is 0.813. The maximum absolute atomic E-state index is 5.39. The minimum Gasteiger partial charge on any atom is -0.369 e. The largest absolute Gasteiger partial charge is 0.369 e. The molecule has 0 radical (unpaired) electrons. The first-order chi connectivity index (χ1) is 5.24. The van der Waals surface area contributed by atoms with Crippen molar-refractivity contribution in [1.82, 2.24) is 9.97 Å². The van der Waals surface area contributed by atoms with Crippen LogP contribution in [0.1, 0.15) is 16.9 Å². The number of H-pyrrole nitrogens is 1. The number of hydrogen-bond donors (Lipinski definition) is 3. The van der Waals surface area contributed by atoms with Gasteiger partial charge in [0.2, 0.25) is 0 Å². The van der Waals surface area contributed by atoms with E-state index in [0.717, 1.165) is 12.1 Å². The van der Waals surface area contributed by atoms with Crippen molar-refractivity contribution in [1.29, 1.82) is 0 Å². The lowest BCUT2D eigenvalue weighted by Gasteiger charge is -2.03. The summed E-state index contributed by atoms with van der Waals surface area (Å²) in [5.41, 5.74) is 11.8. The molecule has 1 heterocycles. The number of anilines is 1. The number of imidazole rings is 1. The van der Waals surface area contributed by atoms with Crippen molar-refractivity contribution in [2.24, 2.45) is 5.73 Å². The number of nitrogens with two attached hydrogens (primary N) is 2. The molecule has 0 spiro atoms. The average Bonchev–Trinajstić information content (AvgIpc) is 2.36. The van der Waals surface area contributed by atoms with Crippen LogP contribution in [0.2, 0.25) is 0 Å². The van der Waals surface area contributed by atoms with Gasteiger partial charge in [-0.1, -0.05) is 15.9 Å². The standard InChI is InChI=1S/C6H11BrN4/c7-4(1-2-8)5-3-10-6(9)11-5/h3-4H,1-2,8H2,(H3,9,10,11). The van der Waals surface area contributed by atoms with E-state index in [4.69, 9.17) is 11.5 Å². The van der Waals surface area contributed by atoms with Crippen molar-refractivity contribution in [3.63, 3.8) is 0 Å². The summed E-state index contributed by atoms with van der Waals surface area (Å²) >= 11 is 3.45. The summed E-state index contributed by atoms with van der Waals surface area (Å²) in [6.07, 6.45) is 2.59. The number of hydrogen-bond acceptors (Lipinski definition) is 3. The molecule has 0 bridgehead atoms. The molecule has 1 atom stereocenters. The topological polar surface area (TPSA) is 80.7 Å². The van der Waals surface area contributed by atoms with E-state index in [1.807, 2.05) is 0 Å². The van der Waals surface area contributed by atoms with Crippen LogP contribution < -0.4 is 11.5 Å². The summed E-state index contributed by atoms with van der Waals surface area (Å²) in [7, 11) is 0. The van der Waals surface area contributed by atoms with Gasteiger partial charge in [-0.05, 0) is 13.0 Å². The van der Waals surface area contributed by atoms with Gasteiger partial charge < -0.3 is 16.5 Å². The molecule has 1 rings (SSSR count). The summed E-state index contributed by atoms with van der Waals surface area (Å²) in [5, 5.41) is 0. The van der Waals surface area contributed by atoms with Gasteiger partial charge in [0, 0.05) is 0 Å². The zero-order valence-corrected chi connectivity index (χ0v) is 7.63. The Hall–Kier alpha value is -0.550. The quantitative estimate of drug-likeness (QED) is 0.657. The summed E-state index contributed by atoms with van der Waals surface area (Å²) in [5.74, 6) is 0.446. The predicted octanol–water partition coefficient (Wildman–Crippen LogP) is 0.777. The molecule has 1 aromatic rings. The van der Waals surface area contributed by atoms with E-state index in [-0.39, 0.29) is 4.83 Å². The molecule has 62 valence electrons. The second-order valence-corrected chi connectivity index (χ2v) is 3.37. The normalized spacial score (nSPS) is 13.3. The molecule has 0 aromatic carbocycles. The Morgan fingerprint density at radius 2 is 2.45 bits per heavy atom. The van der Waals surface area contributed by atoms with E-state index < -0.39 is 0 Å². The summed E-state index contributed by atoms with van der Waals surface area (Å²) < 4.78 is 0. The molecular formula is C6H11BrN4. The Balaban J connectivity index is 2.60. The van der Waals surface area contributed by atoms with E-state index in [2.05, 4.69) is 25.9 Å². The van der Waals surface area contributed by atoms with Crippen molar-refractivity contribution in [2.75, 3.05) is 12.3 Å². The van der Waals surface area contributed by atoms with Crippen LogP contribution in [0.25, 0.3) is 0 Å². The lowest BCUT2D eigenvalue weighted by atomic mass is 10.2. The number of aromatic amines is 1. The molecule has 0 aliphatic rings. The van der Waals surface area contributed by atoms with Crippen LogP contribution in [-0.4, -0.2) is 16.5 Å². The lowest BCUT2D eigenvalue weighted by Crippen LogP contribution is -2.02. The van der Waals surface area contributed by atoms with E-state index in [1.165, 1.54) is 0 Å². The monoisotopic (exact) mass is 218 g/mol. The van der Waals surface area contributed by atoms with Gasteiger partial charge >= 0.3 is 0 Å². The van der Waals surface area contributed by atoms with Gasteiger partial charge in [-0.25, -0.2) is 4.98 Å². The van der Waals surface area contributed by atoms with Crippen LogP contribution >= 0.6 is 15.9 Å². The summed E-state index contributed by atoms with van der Waals surface area (Å²) in [6, 6.07) is 0. The fourth-order valence-corrected chi connectivity index (χ4v) is 1.31. The van der Waals surface area contributed by atoms with Gasteiger partial charge in [0.25, 0.3) is 0 Å². The van der Waals surface area contributed by atoms with Gasteiger partial charge in [0.05, 0.1) is 16.7 Å². The molecule has 1 unspecified atom stereocenters. The number of aromatic nitrogens is 2. The number of rotatable bonds is 3. The zero-order valence-electron chi connectivity index (χ0n) is 6.05. The molecule has 1 aromatic heterocycles. The number of nitrogens with one attached hydrogen (secondary N) is 1. The van der Waals surface area contributed by atoms with Gasteiger partial charge in [0.15, 0.2) is 5.95 Å². The SMILES string of the molecule is NCCC(Br)c1cnc(N)[nH]1. The van der Waals surface area contributed by atoms with Crippen molar-refractivity contribution in [2.45, 2.75) is 11.2 Å². The highest BCUT2D eigenvalue weighted by atomic mass is 79.9. The molecule has 5 N–H and O–H groups in total. The van der Waals surface area contributed by atoms with Crippen LogP contribution in [0.3, 0.4) is 0 Å². The predicted molar refractivity (Wildman–Crippen MR) is 48.3 cm³/mol. The molecule has 0 aliphatic heterocycles. The Bertz CT molecular complexity index is 222. The van der Waals surface area contributed by atoms with Crippen molar-refractivity contribution in [3.8, 4) is 0 Å². The van der Waals surface area contributed by atoms with Crippen molar-refractivity contribution in [3.05, 3.63) is 11.9 Å². The van der Waals surface area contributed by atoms with E-state index >= 15 is 0 Å². The molecule has 11 heavy (non-hydrogen) atoms. The van der Waals surface area contributed by atoms with E-state index in [9.17, 15) is 0 Å². The molecular weight excluding hydrogens is 208 g/mol. The van der Waals surface area contributed by atoms with E-state index in [1.54, 1.807) is 6.20 Å². The molecule has 5 heteroatoms. The van der Waals surface area contributed by atoms with Gasteiger partial charge in [-0.15, -0.1) is 0 Å². The third-order valence-corrected chi connectivity index (χ3v) is 2.32. The first kappa shape index (κ1) is 8.55. The second kappa shape index (κ2) is 3.73. The maximum atomic E-state index is 5.39. The molecule has 4 nitrogen and oxygen atoms in total. The number of alkyl halides is 1. The molecule has 0 amide bonds. The van der Waals surface area contributed by atoms with Crippen LogP contribution in [0.4, 0.5) is 5.95 Å². The zero-order chi connectivity index (χ0) is 8.27. The highest BCUT2D eigenvalue weighted by Crippen LogP contribution is 2.23. The third kappa shape index (κ3) is 2.20. The minimum atomic E-state index is 0.234. The summed E-state index contributed by atoms with van der Waals surface area (Å²) in [6.45, 7) is 0.648. The average molecular weight is 219 g/mol. The Kier molecular flexibility index (Phi) is 2.90. The highest BCUT2D eigenvalue weighted by Gasteiger charge is 2.07. The molecule has 0 saturated carbocycles. The Morgan fingerprint density at radius 1 is 1.73 bits per heavy atom. The third-order valence-electron chi connectivity index (χ3n) is 1.37. The van der Waals surface area contributed by atoms with Crippen LogP contribution in [0.5, 0.6) is 0 Å². The number of nitrogen functional groups attached to an aromatic ring is 1. The van der Waals surface area contributed by atoms with Gasteiger partial charge in [-0.2, -0.15) is 0 Å². The number of nitrogens with zero attached hydrogens (tertiary/aromatic N) is 1. The Labute approximate surface area is 73.5 Å². The van der Waals surface area contributed by atoms with Crippen LogP contribution in [0.15, 0.2) is 6.20 Å². The second-order valence-electron chi connectivity index (χ2n) is 2.27. The van der Waals surface area contributed by atoms with E-state index in [0.29, 0.717) is 12.5 Å². The minimum absolute atomic E-state index is 0.234.